The summed E-state index contributed by atoms with van der Waals surface area (Å²) in [6.07, 6.45) is 5.56. The standard InChI is InChI=1S/C27H38N4O4S/c1-6-19-9-11-21(12-10-19)36(33,34)30-23-16-27(23)18-26(2,3)35-25-22(27)15-20(17-29-25)24(32)28-13-7-8-14-31(4)5/h9-12,15,17,23,30H,6-8,13-14,16,18H2,1-5H3,(H,28,32). The first kappa shape index (κ1) is 26.6. The Labute approximate surface area is 214 Å². The first-order valence-corrected chi connectivity index (χ1v) is 14.2. The number of rotatable bonds is 10. The average Bonchev–Trinajstić information content (AvgIpc) is 3.47. The van der Waals surface area contributed by atoms with Crippen LogP contribution >= 0.6 is 0 Å². The van der Waals surface area contributed by atoms with E-state index in [-0.39, 0.29) is 16.8 Å². The van der Waals surface area contributed by atoms with Gasteiger partial charge in [0, 0.05) is 29.8 Å². The van der Waals surface area contributed by atoms with E-state index in [2.05, 4.69) is 19.9 Å². The van der Waals surface area contributed by atoms with Crippen LogP contribution in [0.15, 0.2) is 41.4 Å². The van der Waals surface area contributed by atoms with Crippen LogP contribution in [0.3, 0.4) is 0 Å². The highest BCUT2D eigenvalue weighted by Crippen LogP contribution is 2.59. The number of hydrogen-bond donors (Lipinski definition) is 2. The number of fused-ring (bicyclic) bond motifs is 2. The lowest BCUT2D eigenvalue weighted by atomic mass is 9.81. The number of ether oxygens (including phenoxy) is 1. The first-order valence-electron chi connectivity index (χ1n) is 12.7. The molecule has 1 aromatic carbocycles. The van der Waals surface area contributed by atoms with Gasteiger partial charge in [-0.25, -0.2) is 18.1 Å². The fourth-order valence-corrected chi connectivity index (χ4v) is 6.45. The number of nitrogens with one attached hydrogen (secondary N) is 2. The molecule has 0 bridgehead atoms. The molecule has 1 aromatic heterocycles. The van der Waals surface area contributed by atoms with Crippen molar-refractivity contribution in [3.63, 3.8) is 0 Å². The zero-order chi connectivity index (χ0) is 26.1. The minimum atomic E-state index is -3.68. The molecule has 2 aromatic rings. The molecule has 2 heterocycles. The van der Waals surface area contributed by atoms with Crippen LogP contribution in [0.4, 0.5) is 0 Å². The Hall–Kier alpha value is -2.49. The quantitative estimate of drug-likeness (QED) is 0.472. The maximum atomic E-state index is 13.1. The van der Waals surface area contributed by atoms with Crippen LogP contribution in [-0.2, 0) is 21.9 Å². The van der Waals surface area contributed by atoms with E-state index < -0.39 is 21.0 Å². The van der Waals surface area contributed by atoms with Crippen molar-refractivity contribution in [2.45, 2.75) is 74.8 Å². The van der Waals surface area contributed by atoms with Crippen LogP contribution in [0, 0.1) is 0 Å². The minimum Gasteiger partial charge on any atom is -0.471 e. The van der Waals surface area contributed by atoms with E-state index in [1.807, 2.05) is 53.1 Å². The molecule has 9 heteroatoms. The summed E-state index contributed by atoms with van der Waals surface area (Å²) in [6, 6.07) is 8.54. The highest BCUT2D eigenvalue weighted by molar-refractivity contribution is 7.89. The van der Waals surface area contributed by atoms with Crippen LogP contribution in [0.1, 0.15) is 67.9 Å². The predicted octanol–water partition coefficient (Wildman–Crippen LogP) is 3.27. The number of amides is 1. The zero-order valence-corrected chi connectivity index (χ0v) is 22.7. The molecular formula is C27H38N4O4S. The molecule has 4 rings (SSSR count). The van der Waals surface area contributed by atoms with Crippen molar-refractivity contribution in [1.29, 1.82) is 0 Å². The minimum absolute atomic E-state index is 0.177. The van der Waals surface area contributed by atoms with E-state index in [0.717, 1.165) is 36.9 Å². The average molecular weight is 515 g/mol. The number of unbranched alkanes of at least 4 members (excludes halogenated alkanes) is 1. The number of pyridine rings is 1. The Morgan fingerprint density at radius 2 is 1.92 bits per heavy atom. The highest BCUT2D eigenvalue weighted by atomic mass is 32.2. The highest BCUT2D eigenvalue weighted by Gasteiger charge is 2.62. The van der Waals surface area contributed by atoms with Crippen molar-refractivity contribution < 1.29 is 17.9 Å². The lowest BCUT2D eigenvalue weighted by Gasteiger charge is -2.38. The van der Waals surface area contributed by atoms with Gasteiger partial charge < -0.3 is 15.0 Å². The van der Waals surface area contributed by atoms with Gasteiger partial charge in [-0.2, -0.15) is 0 Å². The largest absolute Gasteiger partial charge is 0.471 e. The topological polar surface area (TPSA) is 101 Å². The number of sulfonamides is 1. The predicted molar refractivity (Wildman–Crippen MR) is 140 cm³/mol. The molecular weight excluding hydrogens is 476 g/mol. The van der Waals surface area contributed by atoms with E-state index in [0.29, 0.717) is 30.8 Å². The van der Waals surface area contributed by atoms with E-state index in [1.54, 1.807) is 18.3 Å². The molecule has 0 radical (unpaired) electrons. The molecule has 1 amide bonds. The summed E-state index contributed by atoms with van der Waals surface area (Å²) in [5, 5.41) is 2.97. The summed E-state index contributed by atoms with van der Waals surface area (Å²) < 4.78 is 35.3. The summed E-state index contributed by atoms with van der Waals surface area (Å²) in [5.41, 5.74) is 1.40. The third-order valence-corrected chi connectivity index (χ3v) is 8.58. The summed E-state index contributed by atoms with van der Waals surface area (Å²) in [6.45, 7) is 7.58. The van der Waals surface area contributed by atoms with Crippen molar-refractivity contribution in [2.24, 2.45) is 0 Å². The number of aromatic nitrogens is 1. The Bertz CT molecular complexity index is 1210. The molecule has 1 spiro atoms. The Balaban J connectivity index is 1.51. The summed E-state index contributed by atoms with van der Waals surface area (Å²) >= 11 is 0. The van der Waals surface area contributed by atoms with Gasteiger partial charge in [0.15, 0.2) is 0 Å². The molecule has 1 aliphatic carbocycles. The van der Waals surface area contributed by atoms with Gasteiger partial charge in [-0.3, -0.25) is 4.79 Å². The van der Waals surface area contributed by atoms with E-state index in [1.165, 1.54) is 0 Å². The maximum absolute atomic E-state index is 13.1. The molecule has 36 heavy (non-hydrogen) atoms. The number of carbonyl (C=O) groups excluding carboxylic acids is 1. The molecule has 8 nitrogen and oxygen atoms in total. The van der Waals surface area contributed by atoms with Gasteiger partial charge in [-0.05, 0) is 90.4 Å². The number of nitrogens with zero attached hydrogens (tertiary/aromatic N) is 2. The van der Waals surface area contributed by atoms with Crippen molar-refractivity contribution in [2.75, 3.05) is 27.2 Å². The molecule has 2 N–H and O–H groups in total. The van der Waals surface area contributed by atoms with E-state index in [9.17, 15) is 13.2 Å². The van der Waals surface area contributed by atoms with Gasteiger partial charge in [-0.15, -0.1) is 0 Å². The van der Waals surface area contributed by atoms with E-state index in [4.69, 9.17) is 4.74 Å². The second-order valence-electron chi connectivity index (χ2n) is 10.9. The number of aryl methyl sites for hydroxylation is 1. The first-order chi connectivity index (χ1) is 17.0. The van der Waals surface area contributed by atoms with Crippen molar-refractivity contribution >= 4 is 15.9 Å². The summed E-state index contributed by atoms with van der Waals surface area (Å²) in [5.74, 6) is 0.298. The van der Waals surface area contributed by atoms with Crippen LogP contribution in [0.5, 0.6) is 5.88 Å². The van der Waals surface area contributed by atoms with Gasteiger partial charge in [-0.1, -0.05) is 19.1 Å². The number of benzene rings is 1. The molecule has 2 aliphatic rings. The molecule has 2 unspecified atom stereocenters. The van der Waals surface area contributed by atoms with Crippen LogP contribution in [0.2, 0.25) is 0 Å². The van der Waals surface area contributed by atoms with Gasteiger partial charge in [0.25, 0.3) is 5.91 Å². The molecule has 1 saturated carbocycles. The second kappa shape index (κ2) is 10.1. The molecule has 1 fully saturated rings. The second-order valence-corrected chi connectivity index (χ2v) is 12.6. The Morgan fingerprint density at radius 1 is 1.19 bits per heavy atom. The fourth-order valence-electron chi connectivity index (χ4n) is 5.14. The molecule has 196 valence electrons. The maximum Gasteiger partial charge on any atom is 0.252 e. The number of hydrogen-bond acceptors (Lipinski definition) is 6. The SMILES string of the molecule is CCc1ccc(S(=O)(=O)NC2CC23CC(C)(C)Oc2ncc(C(=O)NCCCCN(C)C)cc23)cc1. The fraction of sp³-hybridized carbons (Fsp3) is 0.556. The Kier molecular flexibility index (Phi) is 7.46. The van der Waals surface area contributed by atoms with Gasteiger partial charge in [0.1, 0.15) is 5.60 Å². The van der Waals surface area contributed by atoms with Gasteiger partial charge in [0.2, 0.25) is 15.9 Å². The molecule has 1 aliphatic heterocycles. The van der Waals surface area contributed by atoms with E-state index >= 15 is 0 Å². The van der Waals surface area contributed by atoms with Crippen LogP contribution in [-0.4, -0.2) is 63.0 Å². The monoisotopic (exact) mass is 514 g/mol. The summed E-state index contributed by atoms with van der Waals surface area (Å²) in [7, 11) is 0.382. The van der Waals surface area contributed by atoms with Gasteiger partial charge >= 0.3 is 0 Å². The lowest BCUT2D eigenvalue weighted by Crippen LogP contribution is -2.42. The zero-order valence-electron chi connectivity index (χ0n) is 21.9. The van der Waals surface area contributed by atoms with Crippen LogP contribution in [0.25, 0.3) is 0 Å². The summed E-state index contributed by atoms with van der Waals surface area (Å²) in [4.78, 5) is 19.7. The van der Waals surface area contributed by atoms with Crippen molar-refractivity contribution in [3.05, 3.63) is 53.2 Å². The Morgan fingerprint density at radius 3 is 2.58 bits per heavy atom. The normalized spacial score (nSPS) is 22.2. The molecule has 0 saturated heterocycles. The van der Waals surface area contributed by atoms with Crippen LogP contribution < -0.4 is 14.8 Å². The lowest BCUT2D eigenvalue weighted by molar-refractivity contribution is 0.0594. The molecule has 2 atom stereocenters. The van der Waals surface area contributed by atoms with Crippen molar-refractivity contribution in [1.82, 2.24) is 19.9 Å². The van der Waals surface area contributed by atoms with Crippen molar-refractivity contribution in [3.8, 4) is 5.88 Å². The smallest absolute Gasteiger partial charge is 0.252 e. The number of carbonyl (C=O) groups is 1. The third-order valence-electron chi connectivity index (χ3n) is 7.10. The third kappa shape index (κ3) is 5.74. The van der Waals surface area contributed by atoms with Gasteiger partial charge in [0.05, 0.1) is 10.5 Å².